The molecule has 0 aromatic carbocycles. The molecular formula is C9H17N3O2. The Labute approximate surface area is 83.6 Å². The normalized spacial score (nSPS) is 14.4. The third-order valence-corrected chi connectivity index (χ3v) is 1.96. The van der Waals surface area contributed by atoms with Crippen LogP contribution in [-0.4, -0.2) is 17.3 Å². The van der Waals surface area contributed by atoms with Crippen molar-refractivity contribution in [2.24, 2.45) is 11.1 Å². The van der Waals surface area contributed by atoms with Crippen LogP contribution >= 0.6 is 0 Å². The first-order valence-electron chi connectivity index (χ1n) is 4.52. The van der Waals surface area contributed by atoms with Gasteiger partial charge in [-0.3, -0.25) is 0 Å². The lowest BCUT2D eigenvalue weighted by atomic mass is 9.87. The summed E-state index contributed by atoms with van der Waals surface area (Å²) in [6, 6.07) is -0.249. The largest absolute Gasteiger partial charge is 0.377 e. The van der Waals surface area contributed by atoms with E-state index in [4.69, 9.17) is 15.0 Å². The summed E-state index contributed by atoms with van der Waals surface area (Å²) in [4.78, 5) is 4.14. The maximum Gasteiger partial charge on any atom is 0.244 e. The van der Waals surface area contributed by atoms with Gasteiger partial charge in [0, 0.05) is 7.11 Å². The molecule has 1 aromatic rings. The van der Waals surface area contributed by atoms with E-state index in [1.807, 2.05) is 20.8 Å². The first-order valence-corrected chi connectivity index (χ1v) is 4.52. The highest BCUT2D eigenvalue weighted by Crippen LogP contribution is 2.29. The Bertz CT molecular complexity index is 290. The molecule has 5 heteroatoms. The zero-order valence-corrected chi connectivity index (χ0v) is 9.07. The summed E-state index contributed by atoms with van der Waals surface area (Å²) < 4.78 is 9.92. The lowest BCUT2D eigenvalue weighted by molar-refractivity contribution is 0.174. The summed E-state index contributed by atoms with van der Waals surface area (Å²) in [6.45, 7) is 6.42. The van der Waals surface area contributed by atoms with Crippen LogP contribution in [0.25, 0.3) is 0 Å². The molecule has 0 saturated carbocycles. The van der Waals surface area contributed by atoms with Gasteiger partial charge in [0.1, 0.15) is 6.61 Å². The fraction of sp³-hybridized carbons (Fsp3) is 0.778. The average molecular weight is 199 g/mol. The first-order chi connectivity index (χ1) is 6.45. The van der Waals surface area contributed by atoms with E-state index < -0.39 is 0 Å². The zero-order chi connectivity index (χ0) is 10.8. The van der Waals surface area contributed by atoms with E-state index in [1.54, 1.807) is 7.11 Å². The van der Waals surface area contributed by atoms with Crippen LogP contribution in [-0.2, 0) is 11.3 Å². The van der Waals surface area contributed by atoms with E-state index >= 15 is 0 Å². The van der Waals surface area contributed by atoms with Crippen molar-refractivity contribution in [2.75, 3.05) is 7.11 Å². The predicted octanol–water partition coefficient (Wildman–Crippen LogP) is 1.26. The number of nitrogens with zero attached hydrogens (tertiary/aromatic N) is 2. The van der Waals surface area contributed by atoms with Crippen molar-refractivity contribution in [3.8, 4) is 0 Å². The van der Waals surface area contributed by atoms with Gasteiger partial charge < -0.3 is 15.0 Å². The van der Waals surface area contributed by atoms with Crippen molar-refractivity contribution in [2.45, 2.75) is 33.4 Å². The van der Waals surface area contributed by atoms with Crippen LogP contribution in [0.2, 0.25) is 0 Å². The smallest absolute Gasteiger partial charge is 0.244 e. The van der Waals surface area contributed by atoms with Crippen molar-refractivity contribution < 1.29 is 9.26 Å². The molecule has 14 heavy (non-hydrogen) atoms. The fourth-order valence-electron chi connectivity index (χ4n) is 0.952. The molecule has 0 amide bonds. The molecule has 5 nitrogen and oxygen atoms in total. The van der Waals surface area contributed by atoms with Crippen LogP contribution in [0, 0.1) is 5.41 Å². The second-order valence-corrected chi connectivity index (χ2v) is 4.33. The minimum absolute atomic E-state index is 0.0864. The highest BCUT2D eigenvalue weighted by atomic mass is 16.5. The van der Waals surface area contributed by atoms with E-state index in [2.05, 4.69) is 10.1 Å². The Kier molecular flexibility index (Phi) is 3.23. The van der Waals surface area contributed by atoms with Crippen molar-refractivity contribution >= 4 is 0 Å². The number of aromatic nitrogens is 2. The molecular weight excluding hydrogens is 182 g/mol. The highest BCUT2D eigenvalue weighted by molar-refractivity contribution is 4.95. The minimum Gasteiger partial charge on any atom is -0.377 e. The van der Waals surface area contributed by atoms with Crippen LogP contribution in [0.4, 0.5) is 0 Å². The molecule has 0 spiro atoms. The summed E-state index contributed by atoms with van der Waals surface area (Å²) in [5.41, 5.74) is 5.86. The van der Waals surface area contributed by atoms with Gasteiger partial charge in [-0.2, -0.15) is 4.98 Å². The van der Waals surface area contributed by atoms with Crippen molar-refractivity contribution in [1.29, 1.82) is 0 Å². The molecule has 0 aliphatic heterocycles. The molecule has 1 atom stereocenters. The maximum absolute atomic E-state index is 5.94. The van der Waals surface area contributed by atoms with Gasteiger partial charge in [0.15, 0.2) is 5.82 Å². The van der Waals surface area contributed by atoms with Gasteiger partial charge in [0.25, 0.3) is 0 Å². The molecule has 0 saturated heterocycles. The van der Waals surface area contributed by atoms with Gasteiger partial charge in [0.05, 0.1) is 6.04 Å². The fourth-order valence-corrected chi connectivity index (χ4v) is 0.952. The summed E-state index contributed by atoms with van der Waals surface area (Å²) >= 11 is 0. The number of nitrogens with two attached hydrogens (primary N) is 1. The van der Waals surface area contributed by atoms with E-state index in [1.165, 1.54) is 0 Å². The van der Waals surface area contributed by atoms with Gasteiger partial charge in [-0.05, 0) is 5.41 Å². The Hall–Kier alpha value is -0.940. The molecule has 2 N–H and O–H groups in total. The summed E-state index contributed by atoms with van der Waals surface area (Å²) in [5, 5.41) is 3.75. The first kappa shape index (κ1) is 11.1. The second-order valence-electron chi connectivity index (χ2n) is 4.33. The van der Waals surface area contributed by atoms with Crippen molar-refractivity contribution in [3.05, 3.63) is 11.7 Å². The molecule has 0 radical (unpaired) electrons. The molecule has 0 bridgehead atoms. The predicted molar refractivity (Wildman–Crippen MR) is 51.4 cm³/mol. The Morgan fingerprint density at radius 2 is 2.14 bits per heavy atom. The second kappa shape index (κ2) is 4.06. The molecule has 0 aliphatic rings. The number of hydrogen-bond donors (Lipinski definition) is 1. The third-order valence-electron chi connectivity index (χ3n) is 1.96. The highest BCUT2D eigenvalue weighted by Gasteiger charge is 2.27. The Balaban J connectivity index is 2.76. The molecule has 0 unspecified atom stereocenters. The van der Waals surface area contributed by atoms with Gasteiger partial charge >= 0.3 is 0 Å². The van der Waals surface area contributed by atoms with Crippen molar-refractivity contribution in [3.63, 3.8) is 0 Å². The lowest BCUT2D eigenvalue weighted by Crippen LogP contribution is -2.26. The monoisotopic (exact) mass is 199 g/mol. The SMILES string of the molecule is COCc1noc([C@@H](N)C(C)(C)C)n1. The molecule has 1 heterocycles. The Morgan fingerprint density at radius 1 is 1.50 bits per heavy atom. The van der Waals surface area contributed by atoms with Gasteiger partial charge in [-0.25, -0.2) is 0 Å². The van der Waals surface area contributed by atoms with Gasteiger partial charge in [-0.1, -0.05) is 25.9 Å². The van der Waals surface area contributed by atoms with Crippen LogP contribution in [0.3, 0.4) is 0 Å². The van der Waals surface area contributed by atoms with Crippen molar-refractivity contribution in [1.82, 2.24) is 10.1 Å². The topological polar surface area (TPSA) is 74.2 Å². The summed E-state index contributed by atoms with van der Waals surface area (Å²) in [5.74, 6) is 0.992. The summed E-state index contributed by atoms with van der Waals surface area (Å²) in [7, 11) is 1.58. The third kappa shape index (κ3) is 2.52. The molecule has 0 fully saturated rings. The van der Waals surface area contributed by atoms with Crippen LogP contribution in [0.5, 0.6) is 0 Å². The number of ether oxygens (including phenoxy) is 1. The zero-order valence-electron chi connectivity index (χ0n) is 9.07. The van der Waals surface area contributed by atoms with E-state index in [0.29, 0.717) is 18.3 Å². The number of rotatable bonds is 3. The summed E-state index contributed by atoms with van der Waals surface area (Å²) in [6.07, 6.45) is 0. The van der Waals surface area contributed by atoms with E-state index in [-0.39, 0.29) is 11.5 Å². The lowest BCUT2D eigenvalue weighted by Gasteiger charge is -2.23. The van der Waals surface area contributed by atoms with E-state index in [0.717, 1.165) is 0 Å². The van der Waals surface area contributed by atoms with Gasteiger partial charge in [-0.15, -0.1) is 0 Å². The van der Waals surface area contributed by atoms with Crippen LogP contribution in [0.15, 0.2) is 4.52 Å². The Morgan fingerprint density at radius 3 is 2.64 bits per heavy atom. The number of methoxy groups -OCH3 is 1. The molecule has 0 aliphatic carbocycles. The van der Waals surface area contributed by atoms with Crippen LogP contribution in [0.1, 0.15) is 38.5 Å². The molecule has 1 aromatic heterocycles. The average Bonchev–Trinajstić information content (AvgIpc) is 2.50. The van der Waals surface area contributed by atoms with E-state index in [9.17, 15) is 0 Å². The van der Waals surface area contributed by atoms with Crippen LogP contribution < -0.4 is 5.73 Å². The van der Waals surface area contributed by atoms with Gasteiger partial charge in [0.2, 0.25) is 5.89 Å². The number of hydrogen-bond acceptors (Lipinski definition) is 5. The molecule has 80 valence electrons. The maximum atomic E-state index is 5.94. The quantitative estimate of drug-likeness (QED) is 0.793. The minimum atomic E-state index is -0.249. The standard InChI is InChI=1S/C9H17N3O2/c1-9(2,3)7(10)8-11-6(5-13-4)12-14-8/h7H,5,10H2,1-4H3/t7-/m1/s1. The molecule has 1 rings (SSSR count).